The molecule has 7 heteroatoms. The van der Waals surface area contributed by atoms with Crippen LogP contribution >= 0.6 is 0 Å². The van der Waals surface area contributed by atoms with E-state index in [9.17, 15) is 4.79 Å². The van der Waals surface area contributed by atoms with E-state index in [0.29, 0.717) is 35.4 Å². The van der Waals surface area contributed by atoms with E-state index in [0.717, 1.165) is 30.0 Å². The standard InChI is InChI=1S/C25H33N3O4/c1-17(2)32-20-8-10-22-21(16-20)25(29)28(13-7-12-27(3)4)24(26-22)15-18-14-19(30-5)9-11-23(18)31-6/h8-11,14,16-17H,7,12-13,15H2,1-6H3. The highest BCUT2D eigenvalue weighted by atomic mass is 16.5. The molecule has 3 rings (SSSR count). The molecule has 0 atom stereocenters. The van der Waals surface area contributed by atoms with Gasteiger partial charge in [0.05, 0.1) is 31.2 Å². The number of fused-ring (bicyclic) bond motifs is 1. The summed E-state index contributed by atoms with van der Waals surface area (Å²) in [4.78, 5) is 20.5. The van der Waals surface area contributed by atoms with Gasteiger partial charge in [-0.15, -0.1) is 0 Å². The Morgan fingerprint density at radius 1 is 1.03 bits per heavy atom. The van der Waals surface area contributed by atoms with Crippen LogP contribution in [0, 0.1) is 0 Å². The number of rotatable bonds is 10. The van der Waals surface area contributed by atoms with Gasteiger partial charge in [-0.3, -0.25) is 9.36 Å². The number of benzene rings is 2. The molecule has 0 amide bonds. The molecule has 2 aromatic carbocycles. The van der Waals surface area contributed by atoms with Gasteiger partial charge in [-0.2, -0.15) is 0 Å². The Morgan fingerprint density at radius 3 is 2.44 bits per heavy atom. The first-order valence-electron chi connectivity index (χ1n) is 10.9. The van der Waals surface area contributed by atoms with Crippen molar-refractivity contribution in [1.82, 2.24) is 14.5 Å². The molecule has 0 bridgehead atoms. The highest BCUT2D eigenvalue weighted by molar-refractivity contribution is 5.79. The first-order chi connectivity index (χ1) is 15.3. The lowest BCUT2D eigenvalue weighted by Crippen LogP contribution is -2.27. The van der Waals surface area contributed by atoms with Gasteiger partial charge in [0.2, 0.25) is 0 Å². The van der Waals surface area contributed by atoms with Crippen molar-refractivity contribution >= 4 is 10.9 Å². The first-order valence-corrected chi connectivity index (χ1v) is 10.9. The molecule has 0 spiro atoms. The molecule has 172 valence electrons. The molecule has 0 saturated heterocycles. The second-order valence-corrected chi connectivity index (χ2v) is 8.34. The summed E-state index contributed by atoms with van der Waals surface area (Å²) in [6.07, 6.45) is 1.32. The summed E-state index contributed by atoms with van der Waals surface area (Å²) < 4.78 is 18.5. The van der Waals surface area contributed by atoms with Crippen LogP contribution in [-0.2, 0) is 13.0 Å². The van der Waals surface area contributed by atoms with Gasteiger partial charge in [-0.1, -0.05) is 0 Å². The van der Waals surface area contributed by atoms with Crippen LogP contribution < -0.4 is 19.8 Å². The minimum Gasteiger partial charge on any atom is -0.497 e. The average molecular weight is 440 g/mol. The van der Waals surface area contributed by atoms with Crippen LogP contribution in [0.3, 0.4) is 0 Å². The van der Waals surface area contributed by atoms with Crippen molar-refractivity contribution in [3.8, 4) is 17.2 Å². The summed E-state index contributed by atoms with van der Waals surface area (Å²) in [6, 6.07) is 11.2. The topological polar surface area (TPSA) is 65.8 Å². The summed E-state index contributed by atoms with van der Waals surface area (Å²) >= 11 is 0. The smallest absolute Gasteiger partial charge is 0.261 e. The van der Waals surface area contributed by atoms with Gasteiger partial charge in [-0.05, 0) is 77.3 Å². The van der Waals surface area contributed by atoms with Crippen molar-refractivity contribution in [1.29, 1.82) is 0 Å². The maximum absolute atomic E-state index is 13.5. The minimum absolute atomic E-state index is 0.0301. The predicted molar refractivity (Wildman–Crippen MR) is 127 cm³/mol. The van der Waals surface area contributed by atoms with Crippen LogP contribution in [0.5, 0.6) is 17.2 Å². The molecule has 0 saturated carbocycles. The third-order valence-corrected chi connectivity index (χ3v) is 5.20. The monoisotopic (exact) mass is 439 g/mol. The number of ether oxygens (including phenoxy) is 3. The van der Waals surface area contributed by atoms with E-state index in [1.165, 1.54) is 0 Å². The Morgan fingerprint density at radius 2 is 1.78 bits per heavy atom. The molecule has 0 aliphatic carbocycles. The van der Waals surface area contributed by atoms with Gasteiger partial charge in [0.15, 0.2) is 0 Å². The Balaban J connectivity index is 2.10. The fraction of sp³-hybridized carbons (Fsp3) is 0.440. The van der Waals surface area contributed by atoms with Crippen molar-refractivity contribution in [3.63, 3.8) is 0 Å². The van der Waals surface area contributed by atoms with E-state index in [2.05, 4.69) is 4.90 Å². The van der Waals surface area contributed by atoms with Crippen molar-refractivity contribution in [3.05, 3.63) is 58.1 Å². The van der Waals surface area contributed by atoms with E-state index >= 15 is 0 Å². The van der Waals surface area contributed by atoms with E-state index in [-0.39, 0.29) is 11.7 Å². The number of methoxy groups -OCH3 is 2. The summed E-state index contributed by atoms with van der Waals surface area (Å²) in [5.74, 6) is 2.85. The van der Waals surface area contributed by atoms with Crippen LogP contribution in [0.1, 0.15) is 31.7 Å². The second-order valence-electron chi connectivity index (χ2n) is 8.34. The molecule has 0 aliphatic heterocycles. The van der Waals surface area contributed by atoms with Crippen molar-refractivity contribution in [2.24, 2.45) is 0 Å². The largest absolute Gasteiger partial charge is 0.497 e. The molecule has 7 nitrogen and oxygen atoms in total. The highest BCUT2D eigenvalue weighted by Crippen LogP contribution is 2.27. The maximum Gasteiger partial charge on any atom is 0.261 e. The minimum atomic E-state index is -0.0557. The van der Waals surface area contributed by atoms with Crippen molar-refractivity contribution < 1.29 is 14.2 Å². The Labute approximate surface area is 189 Å². The fourth-order valence-electron chi connectivity index (χ4n) is 3.69. The van der Waals surface area contributed by atoms with Crippen LogP contribution in [0.2, 0.25) is 0 Å². The Bertz CT molecular complexity index is 1120. The van der Waals surface area contributed by atoms with Gasteiger partial charge < -0.3 is 19.1 Å². The molecule has 32 heavy (non-hydrogen) atoms. The van der Waals surface area contributed by atoms with Gasteiger partial charge in [0.1, 0.15) is 23.1 Å². The van der Waals surface area contributed by atoms with Gasteiger partial charge in [0, 0.05) is 18.5 Å². The lowest BCUT2D eigenvalue weighted by Gasteiger charge is -2.17. The van der Waals surface area contributed by atoms with E-state index in [1.54, 1.807) is 24.9 Å². The van der Waals surface area contributed by atoms with Crippen LogP contribution in [0.25, 0.3) is 10.9 Å². The second kappa shape index (κ2) is 10.5. The molecular weight excluding hydrogens is 406 g/mol. The number of aromatic nitrogens is 2. The number of hydrogen-bond donors (Lipinski definition) is 0. The predicted octanol–water partition coefficient (Wildman–Crippen LogP) is 3.74. The van der Waals surface area contributed by atoms with E-state index in [1.807, 2.05) is 58.3 Å². The molecular formula is C25H33N3O4. The highest BCUT2D eigenvalue weighted by Gasteiger charge is 2.15. The lowest BCUT2D eigenvalue weighted by molar-refractivity contribution is 0.242. The van der Waals surface area contributed by atoms with E-state index < -0.39 is 0 Å². The summed E-state index contributed by atoms with van der Waals surface area (Å²) in [6.45, 7) is 5.39. The summed E-state index contributed by atoms with van der Waals surface area (Å²) in [5, 5.41) is 0.564. The third kappa shape index (κ3) is 5.59. The van der Waals surface area contributed by atoms with Crippen molar-refractivity contribution in [2.75, 3.05) is 34.9 Å². The molecule has 0 aliphatic rings. The molecule has 0 radical (unpaired) electrons. The SMILES string of the molecule is COc1ccc(OC)c(Cc2nc3ccc(OC(C)C)cc3c(=O)n2CCCN(C)C)c1. The summed E-state index contributed by atoms with van der Waals surface area (Å²) in [7, 11) is 7.32. The van der Waals surface area contributed by atoms with E-state index in [4.69, 9.17) is 19.2 Å². The molecule has 3 aromatic rings. The van der Waals surface area contributed by atoms with Crippen LogP contribution in [0.15, 0.2) is 41.2 Å². The van der Waals surface area contributed by atoms with Crippen molar-refractivity contribution in [2.45, 2.75) is 39.3 Å². The lowest BCUT2D eigenvalue weighted by atomic mass is 10.1. The zero-order valence-corrected chi connectivity index (χ0v) is 19.8. The number of hydrogen-bond acceptors (Lipinski definition) is 6. The van der Waals surface area contributed by atoms with Crippen LogP contribution in [0.4, 0.5) is 0 Å². The first kappa shape index (κ1) is 23.6. The average Bonchev–Trinajstić information content (AvgIpc) is 2.75. The van der Waals surface area contributed by atoms with Gasteiger partial charge in [0.25, 0.3) is 5.56 Å². The molecule has 0 fully saturated rings. The Kier molecular flexibility index (Phi) is 7.75. The maximum atomic E-state index is 13.5. The van der Waals surface area contributed by atoms with Gasteiger partial charge in [-0.25, -0.2) is 4.98 Å². The Hall–Kier alpha value is -3.06. The normalized spacial score (nSPS) is 11.4. The molecule has 1 aromatic heterocycles. The fourth-order valence-corrected chi connectivity index (χ4v) is 3.69. The zero-order valence-electron chi connectivity index (χ0n) is 19.8. The molecule has 0 unspecified atom stereocenters. The zero-order chi connectivity index (χ0) is 23.3. The third-order valence-electron chi connectivity index (χ3n) is 5.20. The molecule has 1 heterocycles. The summed E-state index contributed by atoms with van der Waals surface area (Å²) in [5.41, 5.74) is 1.52. The van der Waals surface area contributed by atoms with Crippen LogP contribution in [-0.4, -0.2) is 55.4 Å². The quantitative estimate of drug-likeness (QED) is 0.479. The van der Waals surface area contributed by atoms with Gasteiger partial charge >= 0.3 is 0 Å². The molecule has 0 N–H and O–H groups in total. The number of nitrogens with zero attached hydrogens (tertiary/aromatic N) is 3.